The van der Waals surface area contributed by atoms with Crippen molar-refractivity contribution in [3.05, 3.63) is 30.1 Å². The number of nitrogens with zero attached hydrogens (tertiary/aromatic N) is 2. The summed E-state index contributed by atoms with van der Waals surface area (Å²) in [5.74, 6) is 0. The van der Waals surface area contributed by atoms with Crippen LogP contribution in [0.2, 0.25) is 0 Å². The first-order valence-electron chi connectivity index (χ1n) is 3.26. The molecule has 6 heteroatoms. The summed E-state index contributed by atoms with van der Waals surface area (Å²) >= 11 is 0. The Morgan fingerprint density at radius 1 is 1.38 bits per heavy atom. The standard InChI is InChI=1S/C7H5F3N2O/c8-7(9,10)6(12-13)5-3-1-2-4-11-5/h1-4,13H. The maximum absolute atomic E-state index is 12.1. The van der Waals surface area contributed by atoms with E-state index in [0.717, 1.165) is 6.07 Å². The molecule has 0 aliphatic rings. The number of hydrogen-bond donors (Lipinski definition) is 1. The van der Waals surface area contributed by atoms with E-state index >= 15 is 0 Å². The molecule has 0 amide bonds. The Bertz CT molecular complexity index is 307. The number of pyridine rings is 1. The molecule has 0 unspecified atom stereocenters. The van der Waals surface area contributed by atoms with Gasteiger partial charge in [0.25, 0.3) is 0 Å². The van der Waals surface area contributed by atoms with Crippen molar-refractivity contribution in [3.63, 3.8) is 0 Å². The van der Waals surface area contributed by atoms with Crippen LogP contribution < -0.4 is 0 Å². The van der Waals surface area contributed by atoms with Gasteiger partial charge < -0.3 is 5.21 Å². The molecule has 0 atom stereocenters. The lowest BCUT2D eigenvalue weighted by molar-refractivity contribution is -0.0602. The fourth-order valence-corrected chi connectivity index (χ4v) is 0.756. The molecule has 70 valence electrons. The van der Waals surface area contributed by atoms with Crippen LogP contribution in [0, 0.1) is 0 Å². The van der Waals surface area contributed by atoms with E-state index in [-0.39, 0.29) is 0 Å². The van der Waals surface area contributed by atoms with Crippen LogP contribution in [0.4, 0.5) is 13.2 Å². The minimum Gasteiger partial charge on any atom is -0.410 e. The highest BCUT2D eigenvalue weighted by molar-refractivity contribution is 6.02. The van der Waals surface area contributed by atoms with Gasteiger partial charge in [-0.1, -0.05) is 11.2 Å². The topological polar surface area (TPSA) is 45.5 Å². The smallest absolute Gasteiger partial charge is 0.410 e. The van der Waals surface area contributed by atoms with Crippen molar-refractivity contribution < 1.29 is 18.4 Å². The second-order valence-corrected chi connectivity index (χ2v) is 2.16. The average Bonchev–Trinajstić information content (AvgIpc) is 2.05. The fraction of sp³-hybridized carbons (Fsp3) is 0.143. The predicted octanol–water partition coefficient (Wildman–Crippen LogP) is 1.82. The summed E-state index contributed by atoms with van der Waals surface area (Å²) < 4.78 is 36.2. The van der Waals surface area contributed by atoms with E-state index < -0.39 is 17.6 Å². The van der Waals surface area contributed by atoms with E-state index in [9.17, 15) is 13.2 Å². The Balaban J connectivity index is 3.08. The van der Waals surface area contributed by atoms with Crippen molar-refractivity contribution in [2.24, 2.45) is 5.16 Å². The van der Waals surface area contributed by atoms with Gasteiger partial charge in [-0.2, -0.15) is 13.2 Å². The number of alkyl halides is 3. The first-order chi connectivity index (χ1) is 6.05. The summed E-state index contributed by atoms with van der Waals surface area (Å²) in [6.07, 6.45) is -3.50. The Morgan fingerprint density at radius 2 is 2.08 bits per heavy atom. The molecule has 0 saturated heterocycles. The minimum atomic E-state index is -4.69. The van der Waals surface area contributed by atoms with Crippen LogP contribution in [0.25, 0.3) is 0 Å². The van der Waals surface area contributed by atoms with Gasteiger partial charge in [-0.15, -0.1) is 0 Å². The van der Waals surface area contributed by atoms with E-state index in [2.05, 4.69) is 10.1 Å². The van der Waals surface area contributed by atoms with Crippen LogP contribution in [0.15, 0.2) is 29.6 Å². The van der Waals surface area contributed by atoms with Crippen molar-refractivity contribution in [1.29, 1.82) is 0 Å². The minimum absolute atomic E-state index is 0.405. The first-order valence-corrected chi connectivity index (χ1v) is 3.26. The van der Waals surface area contributed by atoms with Gasteiger partial charge in [0.2, 0.25) is 5.71 Å². The van der Waals surface area contributed by atoms with Crippen molar-refractivity contribution in [2.45, 2.75) is 6.18 Å². The molecule has 0 saturated carbocycles. The third kappa shape index (κ3) is 2.17. The lowest BCUT2D eigenvalue weighted by Gasteiger charge is -2.06. The van der Waals surface area contributed by atoms with Crippen LogP contribution >= 0.6 is 0 Å². The summed E-state index contributed by atoms with van der Waals surface area (Å²) in [4.78, 5) is 3.41. The molecular weight excluding hydrogens is 185 g/mol. The van der Waals surface area contributed by atoms with Crippen LogP contribution in [-0.2, 0) is 0 Å². The molecule has 0 aliphatic carbocycles. The zero-order chi connectivity index (χ0) is 9.90. The van der Waals surface area contributed by atoms with Gasteiger partial charge in [-0.05, 0) is 12.1 Å². The van der Waals surface area contributed by atoms with Crippen LogP contribution in [0.3, 0.4) is 0 Å². The van der Waals surface area contributed by atoms with Crippen molar-refractivity contribution in [2.75, 3.05) is 0 Å². The van der Waals surface area contributed by atoms with Crippen LogP contribution in [0.1, 0.15) is 5.69 Å². The molecule has 1 rings (SSSR count). The highest BCUT2D eigenvalue weighted by Crippen LogP contribution is 2.20. The summed E-state index contributed by atoms with van der Waals surface area (Å²) in [6, 6.07) is 3.96. The molecular formula is C7H5F3N2O. The maximum Gasteiger partial charge on any atom is 0.438 e. The third-order valence-electron chi connectivity index (χ3n) is 1.28. The lowest BCUT2D eigenvalue weighted by atomic mass is 10.2. The fourth-order valence-electron chi connectivity index (χ4n) is 0.756. The SMILES string of the molecule is ON=C(c1ccccn1)C(F)(F)F. The Hall–Kier alpha value is -1.59. The van der Waals surface area contributed by atoms with Gasteiger partial charge in [-0.3, -0.25) is 4.98 Å². The van der Waals surface area contributed by atoms with Crippen molar-refractivity contribution >= 4 is 5.71 Å². The molecule has 0 bridgehead atoms. The molecule has 0 fully saturated rings. The molecule has 1 aromatic heterocycles. The largest absolute Gasteiger partial charge is 0.438 e. The Morgan fingerprint density at radius 3 is 2.46 bits per heavy atom. The van der Waals surface area contributed by atoms with Gasteiger partial charge in [0.05, 0.1) is 5.69 Å². The quantitative estimate of drug-likeness (QED) is 0.417. The van der Waals surface area contributed by atoms with E-state index in [1.54, 1.807) is 0 Å². The van der Waals surface area contributed by atoms with E-state index in [4.69, 9.17) is 5.21 Å². The van der Waals surface area contributed by atoms with Crippen LogP contribution in [0.5, 0.6) is 0 Å². The molecule has 1 aromatic rings. The zero-order valence-corrected chi connectivity index (χ0v) is 6.28. The molecule has 0 aliphatic heterocycles. The monoisotopic (exact) mass is 190 g/mol. The summed E-state index contributed by atoms with van der Waals surface area (Å²) in [5, 5.41) is 10.3. The molecule has 0 spiro atoms. The molecule has 0 radical (unpaired) electrons. The maximum atomic E-state index is 12.1. The molecule has 13 heavy (non-hydrogen) atoms. The van der Waals surface area contributed by atoms with Gasteiger partial charge in [0, 0.05) is 6.20 Å². The summed E-state index contributed by atoms with van der Waals surface area (Å²) in [6.45, 7) is 0. The van der Waals surface area contributed by atoms with Gasteiger partial charge in [-0.25, -0.2) is 0 Å². The number of halogens is 3. The van der Waals surface area contributed by atoms with Crippen molar-refractivity contribution in [1.82, 2.24) is 4.98 Å². The van der Waals surface area contributed by atoms with Crippen LogP contribution in [-0.4, -0.2) is 22.1 Å². The van der Waals surface area contributed by atoms with Gasteiger partial charge in [0.15, 0.2) is 0 Å². The van der Waals surface area contributed by atoms with Gasteiger partial charge >= 0.3 is 6.18 Å². The molecule has 3 nitrogen and oxygen atoms in total. The Labute approximate surface area is 71.5 Å². The van der Waals surface area contributed by atoms with E-state index in [0.29, 0.717) is 0 Å². The lowest BCUT2D eigenvalue weighted by Crippen LogP contribution is -2.24. The first kappa shape index (κ1) is 9.50. The number of aromatic nitrogens is 1. The van der Waals surface area contributed by atoms with Crippen molar-refractivity contribution in [3.8, 4) is 0 Å². The third-order valence-corrected chi connectivity index (χ3v) is 1.28. The van der Waals surface area contributed by atoms with E-state index in [1.165, 1.54) is 18.3 Å². The zero-order valence-electron chi connectivity index (χ0n) is 6.28. The second kappa shape index (κ2) is 3.42. The van der Waals surface area contributed by atoms with E-state index in [1.807, 2.05) is 0 Å². The normalized spacial score (nSPS) is 13.0. The highest BCUT2D eigenvalue weighted by atomic mass is 19.4. The number of rotatable bonds is 1. The average molecular weight is 190 g/mol. The highest BCUT2D eigenvalue weighted by Gasteiger charge is 2.38. The summed E-state index contributed by atoms with van der Waals surface area (Å²) in [5.41, 5.74) is -1.80. The summed E-state index contributed by atoms with van der Waals surface area (Å²) in [7, 11) is 0. The molecule has 0 aromatic carbocycles. The molecule has 1 N–H and O–H groups in total. The predicted molar refractivity (Wildman–Crippen MR) is 38.6 cm³/mol. The molecule has 1 heterocycles. The second-order valence-electron chi connectivity index (χ2n) is 2.16. The number of oxime groups is 1. The van der Waals surface area contributed by atoms with Gasteiger partial charge in [0.1, 0.15) is 0 Å². The number of hydrogen-bond acceptors (Lipinski definition) is 3. The Kier molecular flexibility index (Phi) is 2.50.